The van der Waals surface area contributed by atoms with Crippen LogP contribution in [0.15, 0.2) is 12.3 Å². The molecule has 5 amide bonds. The first-order chi connectivity index (χ1) is 29.1. The number of hydrogen-bond donors (Lipinski definition) is 14. The van der Waals surface area contributed by atoms with Crippen LogP contribution in [0.4, 0.5) is 0 Å². The second kappa shape index (κ2) is 29.7. The molecule has 352 valence electrons. The number of aliphatic hydroxyl groups excluding tert-OH is 8. The molecule has 0 bridgehead atoms. The molecule has 0 aromatic carbocycles. The molecule has 22 heteroatoms. The van der Waals surface area contributed by atoms with E-state index in [9.17, 15) is 64.8 Å². The molecule has 0 aromatic heterocycles. The van der Waals surface area contributed by atoms with E-state index in [0.29, 0.717) is 89.5 Å². The summed E-state index contributed by atoms with van der Waals surface area (Å²) in [5.74, 6) is -1.70. The maximum Gasteiger partial charge on any atom is 0.234 e. The van der Waals surface area contributed by atoms with E-state index < -0.39 is 92.2 Å². The van der Waals surface area contributed by atoms with Crippen molar-refractivity contribution in [2.45, 2.75) is 145 Å². The second-order valence-electron chi connectivity index (χ2n) is 15.4. The molecule has 10 atom stereocenters. The molecule has 2 fully saturated rings. The van der Waals surface area contributed by atoms with Gasteiger partial charge in [-0.15, -0.1) is 0 Å². The molecular weight excluding hydrogens is 806 g/mol. The van der Waals surface area contributed by atoms with E-state index in [1.54, 1.807) is 0 Å². The number of ether oxygens (including phenoxy) is 2. The van der Waals surface area contributed by atoms with E-state index in [1.165, 1.54) is 4.90 Å². The van der Waals surface area contributed by atoms with E-state index in [0.717, 1.165) is 6.42 Å². The molecule has 0 aromatic rings. The van der Waals surface area contributed by atoms with Crippen molar-refractivity contribution < 1.29 is 74.3 Å². The van der Waals surface area contributed by atoms with E-state index in [4.69, 9.17) is 9.47 Å². The minimum Gasteiger partial charge on any atom is -0.394 e. The number of aliphatic hydroxyl groups is 8. The number of nitrogens with zero attached hydrogens (tertiary/aromatic N) is 1. The van der Waals surface area contributed by atoms with E-state index in [-0.39, 0.29) is 44.4 Å². The molecule has 2 unspecified atom stereocenters. The van der Waals surface area contributed by atoms with Gasteiger partial charge in [-0.1, -0.05) is 25.8 Å². The Morgan fingerprint density at radius 2 is 0.902 bits per heavy atom. The molecule has 0 saturated carbocycles. The van der Waals surface area contributed by atoms with E-state index in [1.807, 2.05) is 6.92 Å². The number of rotatable bonds is 30. The fourth-order valence-electron chi connectivity index (χ4n) is 6.80. The number of carbonyl (C=O) groups excluding carboxylic acids is 5. The summed E-state index contributed by atoms with van der Waals surface area (Å²) in [7, 11) is 0. The highest BCUT2D eigenvalue weighted by Crippen LogP contribution is 2.22. The lowest BCUT2D eigenvalue weighted by Crippen LogP contribution is -2.64. The predicted octanol–water partition coefficient (Wildman–Crippen LogP) is -4.73. The fraction of sp³-hybridized carbons (Fsp3) is 0.821. The Balaban J connectivity index is 1.75. The summed E-state index contributed by atoms with van der Waals surface area (Å²) >= 11 is 0. The van der Waals surface area contributed by atoms with Crippen LogP contribution < -0.4 is 31.9 Å². The van der Waals surface area contributed by atoms with E-state index >= 15 is 0 Å². The molecule has 14 N–H and O–H groups in total. The Bertz CT molecular complexity index is 1270. The van der Waals surface area contributed by atoms with Crippen molar-refractivity contribution in [3.63, 3.8) is 0 Å². The fourth-order valence-corrected chi connectivity index (χ4v) is 6.80. The Hall–Kier alpha value is -3.55. The largest absolute Gasteiger partial charge is 0.394 e. The third-order valence-electron chi connectivity index (χ3n) is 10.3. The van der Waals surface area contributed by atoms with Crippen LogP contribution in [0.25, 0.3) is 0 Å². The van der Waals surface area contributed by atoms with Crippen molar-refractivity contribution in [2.24, 2.45) is 0 Å². The lowest BCUT2D eigenvalue weighted by molar-refractivity contribution is -0.253. The van der Waals surface area contributed by atoms with Crippen molar-refractivity contribution in [1.82, 2.24) is 36.8 Å². The van der Waals surface area contributed by atoms with Crippen molar-refractivity contribution in [3.05, 3.63) is 12.3 Å². The van der Waals surface area contributed by atoms with Gasteiger partial charge in [-0.2, -0.15) is 0 Å². The van der Waals surface area contributed by atoms with E-state index in [2.05, 4.69) is 38.5 Å². The Labute approximate surface area is 356 Å². The number of unbranched alkanes of at least 4 members (excludes halogenated alkanes) is 6. The average molecular weight is 878 g/mol. The van der Waals surface area contributed by atoms with Gasteiger partial charge in [0.25, 0.3) is 0 Å². The summed E-state index contributed by atoms with van der Waals surface area (Å²) in [6, 6.07) is -2.32. The summed E-state index contributed by atoms with van der Waals surface area (Å²) in [6.45, 7) is 5.38. The van der Waals surface area contributed by atoms with Gasteiger partial charge in [-0.3, -0.25) is 28.9 Å². The summed E-state index contributed by atoms with van der Waals surface area (Å²) in [4.78, 5) is 64.0. The highest BCUT2D eigenvalue weighted by atomic mass is 16.6. The van der Waals surface area contributed by atoms with Crippen LogP contribution in [0.1, 0.15) is 84.0 Å². The quantitative estimate of drug-likeness (QED) is 0.0301. The van der Waals surface area contributed by atoms with Crippen LogP contribution in [0.3, 0.4) is 0 Å². The molecule has 0 aliphatic carbocycles. The number of nitrogens with one attached hydrogen (secondary N) is 6. The first-order valence-corrected chi connectivity index (χ1v) is 21.3. The summed E-state index contributed by atoms with van der Waals surface area (Å²) < 4.78 is 10.2. The topological polar surface area (TPSA) is 341 Å². The first-order valence-electron chi connectivity index (χ1n) is 21.3. The Morgan fingerprint density at radius 1 is 0.508 bits per heavy atom. The number of carbonyl (C=O) groups is 5. The van der Waals surface area contributed by atoms with Gasteiger partial charge in [0.2, 0.25) is 29.5 Å². The number of amides is 5. The zero-order valence-corrected chi connectivity index (χ0v) is 35.2. The first kappa shape index (κ1) is 53.6. The monoisotopic (exact) mass is 878 g/mol. The van der Waals surface area contributed by atoms with Crippen LogP contribution in [-0.2, 0) is 33.4 Å². The summed E-state index contributed by atoms with van der Waals surface area (Å²) in [6.07, 6.45) is -4.87. The summed E-state index contributed by atoms with van der Waals surface area (Å²) in [5.41, 5.74) is 0.495. The third kappa shape index (κ3) is 20.5. The van der Waals surface area contributed by atoms with Gasteiger partial charge in [-0.25, -0.2) is 0 Å². The van der Waals surface area contributed by atoms with Gasteiger partial charge >= 0.3 is 0 Å². The minimum atomic E-state index is -1.62. The Kier molecular flexibility index (Phi) is 26.1. The molecular formula is C39H71N7O15. The highest BCUT2D eigenvalue weighted by Gasteiger charge is 2.45. The third-order valence-corrected chi connectivity index (χ3v) is 10.3. The van der Waals surface area contributed by atoms with Gasteiger partial charge in [0.05, 0.1) is 32.8 Å². The zero-order valence-electron chi connectivity index (χ0n) is 35.2. The molecule has 2 heterocycles. The number of hydrogen-bond acceptors (Lipinski definition) is 17. The Morgan fingerprint density at radius 3 is 1.31 bits per heavy atom. The number of allylic oxidation sites excluding steroid dienone is 1. The molecule has 2 aliphatic rings. The van der Waals surface area contributed by atoms with Crippen molar-refractivity contribution >= 4 is 29.5 Å². The highest BCUT2D eigenvalue weighted by molar-refractivity contribution is 5.84. The van der Waals surface area contributed by atoms with Crippen LogP contribution >= 0.6 is 0 Å². The van der Waals surface area contributed by atoms with Crippen LogP contribution in [-0.4, -0.2) is 196 Å². The summed E-state index contributed by atoms with van der Waals surface area (Å²) in [5, 5.41) is 95.7. The maximum atomic E-state index is 12.9. The lowest BCUT2D eigenvalue weighted by atomic mass is 9.96. The van der Waals surface area contributed by atoms with Crippen molar-refractivity contribution in [3.8, 4) is 0 Å². The van der Waals surface area contributed by atoms with Crippen LogP contribution in [0.2, 0.25) is 0 Å². The normalized spacial score (nSPS) is 26.3. The van der Waals surface area contributed by atoms with Gasteiger partial charge < -0.3 is 82.2 Å². The van der Waals surface area contributed by atoms with Crippen LogP contribution in [0.5, 0.6) is 0 Å². The standard InChI is InChI=1S/C39H71N7O15/c1-3-40-27(49)14-8-5-11-17-42-30(52)20-46(19-29(51)41-16-10-4-7-13-24(2)44-32-36(56)34(54)25(22-47)60-38(32)58)21-31(53)43-18-12-6-9-15-28(50)45-33-37(57)35(55)26(23-48)61-39(33)59/h25-26,32-39,44,47-48,54-59H,2-23H2,1H3,(H,40,49)(H,41,51)(H,42,52)(H,43,53)(H,45,50)/t25-,26-,32-,33-,34-,35-,36-,37-,38?,39?/m1/s1. The van der Waals surface area contributed by atoms with Gasteiger partial charge in [0.15, 0.2) is 12.6 Å². The van der Waals surface area contributed by atoms with Crippen LogP contribution in [0, 0.1) is 0 Å². The molecule has 2 rings (SSSR count). The zero-order chi connectivity index (χ0) is 45.3. The van der Waals surface area contributed by atoms with Gasteiger partial charge in [-0.05, 0) is 51.9 Å². The smallest absolute Gasteiger partial charge is 0.234 e. The molecule has 2 saturated heterocycles. The van der Waals surface area contributed by atoms with Crippen molar-refractivity contribution in [1.29, 1.82) is 0 Å². The molecule has 61 heavy (non-hydrogen) atoms. The van der Waals surface area contributed by atoms with Gasteiger partial charge in [0.1, 0.15) is 48.7 Å². The molecule has 0 spiro atoms. The minimum absolute atomic E-state index is 0.0243. The maximum absolute atomic E-state index is 12.9. The predicted molar refractivity (Wildman–Crippen MR) is 218 cm³/mol. The second-order valence-corrected chi connectivity index (χ2v) is 15.4. The SMILES string of the molecule is C=C(CCCCCNC(=O)CN(CC(=O)NCCCCCC(=O)NCC)CC(=O)NCCCCCC(=O)N[C@H]1C(O)O[C@H](CO)[C@@H](O)[C@@H]1O)N[C@H]1C(O)O[C@H](CO)[C@@H](O)[C@@H]1O. The van der Waals surface area contributed by atoms with Crippen molar-refractivity contribution in [2.75, 3.05) is 59.0 Å². The molecule has 22 nitrogen and oxygen atoms in total. The lowest BCUT2D eigenvalue weighted by Gasteiger charge is -2.41. The van der Waals surface area contributed by atoms with Gasteiger partial charge in [0, 0.05) is 44.7 Å². The molecule has 2 aliphatic heterocycles. The molecule has 0 radical (unpaired) electrons. The average Bonchev–Trinajstić information content (AvgIpc) is 3.21.